The van der Waals surface area contributed by atoms with E-state index in [4.69, 9.17) is 0 Å². The molecule has 0 bridgehead atoms. The highest BCUT2D eigenvalue weighted by Gasteiger charge is 1.95. The molecular formula is C11H12FN. The van der Waals surface area contributed by atoms with Crippen LogP contribution in [-0.2, 0) is 0 Å². The van der Waals surface area contributed by atoms with Crippen LogP contribution in [0.2, 0.25) is 0 Å². The third kappa shape index (κ3) is 2.82. The Balaban J connectivity index is 2.89. The summed E-state index contributed by atoms with van der Waals surface area (Å²) in [7, 11) is 0. The second kappa shape index (κ2) is 4.55. The quantitative estimate of drug-likeness (QED) is 0.615. The molecule has 68 valence electrons. The zero-order chi connectivity index (χ0) is 9.68. The van der Waals surface area contributed by atoms with E-state index in [2.05, 4.69) is 4.99 Å². The molecule has 1 rings (SSSR count). The molecule has 2 heteroatoms. The molecule has 0 atom stereocenters. The van der Waals surface area contributed by atoms with Gasteiger partial charge in [-0.3, -0.25) is 4.99 Å². The van der Waals surface area contributed by atoms with Crippen molar-refractivity contribution in [3.05, 3.63) is 47.9 Å². The van der Waals surface area contributed by atoms with E-state index in [9.17, 15) is 4.39 Å². The van der Waals surface area contributed by atoms with Crippen molar-refractivity contribution in [1.29, 1.82) is 0 Å². The number of hydrogen-bond donors (Lipinski definition) is 0. The summed E-state index contributed by atoms with van der Waals surface area (Å²) in [6, 6.07) is 6.31. The van der Waals surface area contributed by atoms with Gasteiger partial charge in [0.2, 0.25) is 0 Å². The van der Waals surface area contributed by atoms with Gasteiger partial charge in [-0.2, -0.15) is 0 Å². The lowest BCUT2D eigenvalue weighted by molar-refractivity contribution is 0.628. The zero-order valence-electron chi connectivity index (χ0n) is 7.79. The fourth-order valence-electron chi connectivity index (χ4n) is 0.952. The van der Waals surface area contributed by atoms with Crippen LogP contribution in [0.5, 0.6) is 0 Å². The standard InChI is InChI=1S/C11H12FN/c1-3-8-13-9(2)10-4-6-11(12)7-5-10/h3-8H,1-2H3. The second-order valence-corrected chi connectivity index (χ2v) is 2.70. The first kappa shape index (κ1) is 9.65. The molecule has 0 fully saturated rings. The van der Waals surface area contributed by atoms with Gasteiger partial charge >= 0.3 is 0 Å². The van der Waals surface area contributed by atoms with Gasteiger partial charge in [0.15, 0.2) is 0 Å². The Kier molecular flexibility index (Phi) is 3.38. The van der Waals surface area contributed by atoms with Crippen LogP contribution < -0.4 is 0 Å². The van der Waals surface area contributed by atoms with Crippen molar-refractivity contribution in [2.45, 2.75) is 13.8 Å². The highest BCUT2D eigenvalue weighted by Crippen LogP contribution is 2.04. The number of halogens is 1. The maximum Gasteiger partial charge on any atom is 0.123 e. The highest BCUT2D eigenvalue weighted by molar-refractivity contribution is 5.98. The van der Waals surface area contributed by atoms with Gasteiger partial charge in [-0.25, -0.2) is 4.39 Å². The molecule has 13 heavy (non-hydrogen) atoms. The molecule has 0 unspecified atom stereocenters. The molecule has 1 aromatic carbocycles. The maximum absolute atomic E-state index is 12.5. The van der Waals surface area contributed by atoms with E-state index in [1.165, 1.54) is 12.1 Å². The van der Waals surface area contributed by atoms with Crippen LogP contribution in [0.4, 0.5) is 4.39 Å². The van der Waals surface area contributed by atoms with E-state index in [1.54, 1.807) is 18.3 Å². The first-order chi connectivity index (χ1) is 6.24. The molecule has 1 aromatic rings. The average molecular weight is 177 g/mol. The minimum absolute atomic E-state index is 0.220. The summed E-state index contributed by atoms with van der Waals surface area (Å²) in [5.74, 6) is -0.220. The van der Waals surface area contributed by atoms with Crippen LogP contribution in [0.1, 0.15) is 19.4 Å². The molecule has 0 aliphatic rings. The van der Waals surface area contributed by atoms with Gasteiger partial charge in [0.25, 0.3) is 0 Å². The number of rotatable bonds is 2. The lowest BCUT2D eigenvalue weighted by Gasteiger charge is -1.97. The van der Waals surface area contributed by atoms with Crippen molar-refractivity contribution >= 4 is 5.71 Å². The number of allylic oxidation sites excluding steroid dienone is 1. The van der Waals surface area contributed by atoms with Crippen molar-refractivity contribution in [2.75, 3.05) is 0 Å². The number of aliphatic imine (C=N–C) groups is 1. The van der Waals surface area contributed by atoms with Crippen molar-refractivity contribution in [3.63, 3.8) is 0 Å². The molecule has 0 N–H and O–H groups in total. The Labute approximate surface area is 77.6 Å². The van der Waals surface area contributed by atoms with Gasteiger partial charge in [0, 0.05) is 11.9 Å². The topological polar surface area (TPSA) is 12.4 Å². The number of benzene rings is 1. The normalized spacial score (nSPS) is 12.4. The minimum Gasteiger partial charge on any atom is -0.261 e. The molecular weight excluding hydrogens is 165 g/mol. The van der Waals surface area contributed by atoms with Gasteiger partial charge in [-0.15, -0.1) is 0 Å². The van der Waals surface area contributed by atoms with Crippen LogP contribution >= 0.6 is 0 Å². The number of hydrogen-bond acceptors (Lipinski definition) is 1. The van der Waals surface area contributed by atoms with Crippen molar-refractivity contribution < 1.29 is 4.39 Å². The van der Waals surface area contributed by atoms with E-state index in [0.717, 1.165) is 11.3 Å². The average Bonchev–Trinajstić information content (AvgIpc) is 2.15. The van der Waals surface area contributed by atoms with Gasteiger partial charge in [-0.05, 0) is 31.5 Å². The maximum atomic E-state index is 12.5. The zero-order valence-corrected chi connectivity index (χ0v) is 7.79. The Morgan fingerprint density at radius 3 is 2.46 bits per heavy atom. The van der Waals surface area contributed by atoms with Crippen LogP contribution in [0, 0.1) is 5.82 Å². The lowest BCUT2D eigenvalue weighted by Crippen LogP contribution is -1.93. The van der Waals surface area contributed by atoms with E-state index < -0.39 is 0 Å². The number of nitrogens with zero attached hydrogens (tertiary/aromatic N) is 1. The molecule has 0 aromatic heterocycles. The highest BCUT2D eigenvalue weighted by atomic mass is 19.1. The third-order valence-corrected chi connectivity index (χ3v) is 1.68. The SMILES string of the molecule is CC=CN=C(C)c1ccc(F)cc1. The Bertz CT molecular complexity index is 322. The van der Waals surface area contributed by atoms with E-state index >= 15 is 0 Å². The Morgan fingerprint density at radius 1 is 1.31 bits per heavy atom. The molecule has 0 saturated carbocycles. The van der Waals surface area contributed by atoms with Crippen LogP contribution in [0.15, 0.2) is 41.5 Å². The van der Waals surface area contributed by atoms with Gasteiger partial charge in [0.05, 0.1) is 0 Å². The van der Waals surface area contributed by atoms with E-state index in [0.29, 0.717) is 0 Å². The fourth-order valence-corrected chi connectivity index (χ4v) is 0.952. The Hall–Kier alpha value is -1.44. The summed E-state index contributed by atoms with van der Waals surface area (Å²) in [5.41, 5.74) is 1.83. The first-order valence-corrected chi connectivity index (χ1v) is 4.15. The summed E-state index contributed by atoms with van der Waals surface area (Å²) in [4.78, 5) is 4.16. The summed E-state index contributed by atoms with van der Waals surface area (Å²) in [6.45, 7) is 3.80. The molecule has 0 amide bonds. The molecule has 1 nitrogen and oxygen atoms in total. The Morgan fingerprint density at radius 2 is 1.92 bits per heavy atom. The molecule has 0 heterocycles. The van der Waals surface area contributed by atoms with Gasteiger partial charge < -0.3 is 0 Å². The smallest absolute Gasteiger partial charge is 0.123 e. The summed E-state index contributed by atoms with van der Waals surface area (Å²) < 4.78 is 12.5. The van der Waals surface area contributed by atoms with Crippen molar-refractivity contribution in [3.8, 4) is 0 Å². The van der Waals surface area contributed by atoms with Gasteiger partial charge in [0.1, 0.15) is 5.82 Å². The second-order valence-electron chi connectivity index (χ2n) is 2.70. The molecule has 0 spiro atoms. The summed E-state index contributed by atoms with van der Waals surface area (Å²) in [6.07, 6.45) is 3.58. The molecule has 0 aliphatic heterocycles. The lowest BCUT2D eigenvalue weighted by atomic mass is 10.1. The van der Waals surface area contributed by atoms with Crippen molar-refractivity contribution in [2.24, 2.45) is 4.99 Å². The van der Waals surface area contributed by atoms with E-state index in [1.807, 2.05) is 19.9 Å². The fraction of sp³-hybridized carbons (Fsp3) is 0.182. The van der Waals surface area contributed by atoms with E-state index in [-0.39, 0.29) is 5.82 Å². The largest absolute Gasteiger partial charge is 0.261 e. The molecule has 0 aliphatic carbocycles. The first-order valence-electron chi connectivity index (χ1n) is 4.15. The summed E-state index contributed by atoms with van der Waals surface area (Å²) >= 11 is 0. The molecule has 0 radical (unpaired) electrons. The minimum atomic E-state index is -0.220. The summed E-state index contributed by atoms with van der Waals surface area (Å²) in [5, 5.41) is 0. The third-order valence-electron chi connectivity index (χ3n) is 1.68. The van der Waals surface area contributed by atoms with Crippen molar-refractivity contribution in [1.82, 2.24) is 0 Å². The van der Waals surface area contributed by atoms with Gasteiger partial charge in [-0.1, -0.05) is 18.2 Å². The van der Waals surface area contributed by atoms with Crippen LogP contribution in [0.25, 0.3) is 0 Å². The van der Waals surface area contributed by atoms with Crippen LogP contribution in [0.3, 0.4) is 0 Å². The predicted octanol–water partition coefficient (Wildman–Crippen LogP) is 3.17. The predicted molar refractivity (Wildman–Crippen MR) is 53.4 cm³/mol. The monoisotopic (exact) mass is 177 g/mol. The van der Waals surface area contributed by atoms with Crippen LogP contribution in [-0.4, -0.2) is 5.71 Å². The molecule has 0 saturated heterocycles.